The number of hydrogen-bond donors (Lipinski definition) is 2. The van der Waals surface area contributed by atoms with E-state index >= 15 is 0 Å². The van der Waals surface area contributed by atoms with Crippen LogP contribution in [0.5, 0.6) is 0 Å². The number of carbonyl (C=O) groups is 2. The van der Waals surface area contributed by atoms with E-state index in [1.807, 2.05) is 23.1 Å². The zero-order chi connectivity index (χ0) is 18.4. The lowest BCUT2D eigenvalue weighted by Crippen LogP contribution is -2.56. The van der Waals surface area contributed by atoms with Gasteiger partial charge in [0.05, 0.1) is 0 Å². The number of hydrogen-bond acceptors (Lipinski definition) is 2. The number of amides is 3. The Morgan fingerprint density at radius 3 is 2.56 bits per heavy atom. The van der Waals surface area contributed by atoms with Crippen molar-refractivity contribution < 1.29 is 9.59 Å². The zero-order valence-electron chi connectivity index (χ0n) is 15.8. The molecule has 3 amide bonds. The Balaban J connectivity index is 2.03. The Kier molecular flexibility index (Phi) is 6.45. The predicted molar refractivity (Wildman–Crippen MR) is 100 cm³/mol. The molecule has 2 atom stereocenters. The fourth-order valence-corrected chi connectivity index (χ4v) is 3.67. The van der Waals surface area contributed by atoms with Crippen LogP contribution in [0.4, 0.5) is 4.79 Å². The van der Waals surface area contributed by atoms with Gasteiger partial charge in [0.1, 0.15) is 0 Å². The third-order valence-electron chi connectivity index (χ3n) is 5.21. The fourth-order valence-electron chi connectivity index (χ4n) is 3.67. The van der Waals surface area contributed by atoms with Crippen LogP contribution < -0.4 is 10.6 Å². The Morgan fingerprint density at radius 2 is 1.96 bits per heavy atom. The lowest BCUT2D eigenvalue weighted by Gasteiger charge is -2.38. The average molecular weight is 345 g/mol. The predicted octanol–water partition coefficient (Wildman–Crippen LogP) is 3.05. The highest BCUT2D eigenvalue weighted by atomic mass is 16.2. The summed E-state index contributed by atoms with van der Waals surface area (Å²) in [6.07, 6.45) is 2.70. The van der Waals surface area contributed by atoms with Crippen molar-refractivity contribution in [2.75, 3.05) is 13.1 Å². The maximum Gasteiger partial charge on any atom is 0.317 e. The van der Waals surface area contributed by atoms with Gasteiger partial charge in [-0.3, -0.25) is 4.79 Å². The molecule has 1 aliphatic rings. The number of benzene rings is 1. The average Bonchev–Trinajstić information content (AvgIpc) is 2.59. The normalized spacial score (nSPS) is 19.2. The molecule has 1 fully saturated rings. The second-order valence-electron chi connectivity index (χ2n) is 7.48. The van der Waals surface area contributed by atoms with Crippen LogP contribution in [0.1, 0.15) is 52.5 Å². The lowest BCUT2D eigenvalue weighted by atomic mass is 9.76. The molecule has 0 saturated carbocycles. The minimum atomic E-state index is -0.154. The molecule has 0 spiro atoms. The summed E-state index contributed by atoms with van der Waals surface area (Å²) in [6, 6.07) is 10.4. The summed E-state index contributed by atoms with van der Waals surface area (Å²) in [5, 5.41) is 6.15. The smallest absolute Gasteiger partial charge is 0.317 e. The van der Waals surface area contributed by atoms with E-state index in [-0.39, 0.29) is 29.4 Å². The van der Waals surface area contributed by atoms with E-state index in [0.717, 1.165) is 25.8 Å². The van der Waals surface area contributed by atoms with Crippen LogP contribution in [0, 0.1) is 0 Å². The molecule has 0 unspecified atom stereocenters. The van der Waals surface area contributed by atoms with Gasteiger partial charge in [-0.15, -0.1) is 0 Å². The minimum Gasteiger partial charge on any atom is -0.352 e. The Labute approximate surface area is 151 Å². The number of nitrogens with one attached hydrogen (secondary N) is 2. The van der Waals surface area contributed by atoms with E-state index in [1.165, 1.54) is 12.5 Å². The quantitative estimate of drug-likeness (QED) is 0.861. The molecule has 2 rings (SSSR count). The number of urea groups is 1. The summed E-state index contributed by atoms with van der Waals surface area (Å²) < 4.78 is 0. The Bertz CT molecular complexity index is 586. The molecule has 5 nitrogen and oxygen atoms in total. The highest BCUT2D eigenvalue weighted by molar-refractivity contribution is 5.76. The summed E-state index contributed by atoms with van der Waals surface area (Å²) >= 11 is 0. The molecule has 25 heavy (non-hydrogen) atoms. The summed E-state index contributed by atoms with van der Waals surface area (Å²) in [6.45, 7) is 9.29. The van der Waals surface area contributed by atoms with E-state index in [4.69, 9.17) is 0 Å². The van der Waals surface area contributed by atoms with Crippen molar-refractivity contribution in [2.24, 2.45) is 0 Å². The summed E-state index contributed by atoms with van der Waals surface area (Å²) in [7, 11) is 0. The van der Waals surface area contributed by atoms with Crippen LogP contribution in [-0.2, 0) is 10.2 Å². The lowest BCUT2D eigenvalue weighted by molar-refractivity contribution is -0.119. The van der Waals surface area contributed by atoms with Crippen LogP contribution in [0.15, 0.2) is 30.3 Å². The SMILES string of the molecule is CC[C@H](NC(=O)N1CCC[C@@H](NC(C)=O)C1)C(C)(C)c1ccccc1. The Hall–Kier alpha value is -2.04. The van der Waals surface area contributed by atoms with Crippen LogP contribution >= 0.6 is 0 Å². The van der Waals surface area contributed by atoms with Crippen molar-refractivity contribution in [3.8, 4) is 0 Å². The molecular weight excluding hydrogens is 314 g/mol. The molecule has 1 aliphatic heterocycles. The molecule has 0 aliphatic carbocycles. The van der Waals surface area contributed by atoms with Gasteiger partial charge in [-0.1, -0.05) is 51.1 Å². The molecule has 1 saturated heterocycles. The van der Waals surface area contributed by atoms with Gasteiger partial charge in [0.2, 0.25) is 5.91 Å². The first-order valence-electron chi connectivity index (χ1n) is 9.22. The second-order valence-corrected chi connectivity index (χ2v) is 7.48. The van der Waals surface area contributed by atoms with Crippen molar-refractivity contribution in [3.63, 3.8) is 0 Å². The molecule has 1 aromatic rings. The zero-order valence-corrected chi connectivity index (χ0v) is 15.8. The molecular formula is C20H31N3O2. The number of rotatable bonds is 5. The molecule has 0 radical (unpaired) electrons. The highest BCUT2D eigenvalue weighted by Gasteiger charge is 2.33. The van der Waals surface area contributed by atoms with Gasteiger partial charge in [0.25, 0.3) is 0 Å². The fraction of sp³-hybridized carbons (Fsp3) is 0.600. The number of carbonyl (C=O) groups excluding carboxylic acids is 2. The van der Waals surface area contributed by atoms with Crippen LogP contribution in [0.2, 0.25) is 0 Å². The molecule has 1 aromatic carbocycles. The van der Waals surface area contributed by atoms with E-state index in [9.17, 15) is 9.59 Å². The van der Waals surface area contributed by atoms with E-state index in [2.05, 4.69) is 43.5 Å². The second kappa shape index (κ2) is 8.37. The van der Waals surface area contributed by atoms with Crippen molar-refractivity contribution >= 4 is 11.9 Å². The van der Waals surface area contributed by atoms with Gasteiger partial charge in [0, 0.05) is 37.5 Å². The largest absolute Gasteiger partial charge is 0.352 e. The molecule has 5 heteroatoms. The third-order valence-corrected chi connectivity index (χ3v) is 5.21. The first kappa shape index (κ1) is 19.3. The maximum absolute atomic E-state index is 12.8. The number of piperidine rings is 1. The van der Waals surface area contributed by atoms with Crippen molar-refractivity contribution in [2.45, 2.75) is 64.5 Å². The first-order valence-corrected chi connectivity index (χ1v) is 9.22. The van der Waals surface area contributed by atoms with E-state index in [0.29, 0.717) is 6.54 Å². The minimum absolute atomic E-state index is 0.0362. The topological polar surface area (TPSA) is 61.4 Å². The molecule has 138 valence electrons. The maximum atomic E-state index is 12.8. The highest BCUT2D eigenvalue weighted by Crippen LogP contribution is 2.29. The summed E-state index contributed by atoms with van der Waals surface area (Å²) in [5.74, 6) is -0.0381. The van der Waals surface area contributed by atoms with Crippen LogP contribution in [-0.4, -0.2) is 42.0 Å². The third kappa shape index (κ3) is 4.97. The molecule has 0 bridgehead atoms. The van der Waals surface area contributed by atoms with Gasteiger partial charge < -0.3 is 15.5 Å². The number of nitrogens with zero attached hydrogens (tertiary/aromatic N) is 1. The van der Waals surface area contributed by atoms with Crippen LogP contribution in [0.3, 0.4) is 0 Å². The molecule has 0 aromatic heterocycles. The number of likely N-dealkylation sites (tertiary alicyclic amines) is 1. The summed E-state index contributed by atoms with van der Waals surface area (Å²) in [4.78, 5) is 25.9. The van der Waals surface area contributed by atoms with Crippen molar-refractivity contribution in [1.82, 2.24) is 15.5 Å². The van der Waals surface area contributed by atoms with Crippen molar-refractivity contribution in [1.29, 1.82) is 0 Å². The van der Waals surface area contributed by atoms with Crippen molar-refractivity contribution in [3.05, 3.63) is 35.9 Å². The van der Waals surface area contributed by atoms with Gasteiger partial charge in [0.15, 0.2) is 0 Å². The van der Waals surface area contributed by atoms with Gasteiger partial charge >= 0.3 is 6.03 Å². The van der Waals surface area contributed by atoms with E-state index < -0.39 is 0 Å². The van der Waals surface area contributed by atoms with Gasteiger partial charge in [-0.05, 0) is 24.8 Å². The molecule has 2 N–H and O–H groups in total. The standard InChI is InChI=1S/C20H31N3O2/c1-5-18(20(3,4)16-10-7-6-8-11-16)22-19(25)23-13-9-12-17(14-23)21-15(2)24/h6-8,10-11,17-18H,5,9,12-14H2,1-4H3,(H,21,24)(H,22,25)/t17-,18+/m1/s1. The van der Waals surface area contributed by atoms with Crippen LogP contribution in [0.25, 0.3) is 0 Å². The molecule has 1 heterocycles. The Morgan fingerprint density at radius 1 is 1.28 bits per heavy atom. The van der Waals surface area contributed by atoms with Gasteiger partial charge in [-0.2, -0.15) is 0 Å². The summed E-state index contributed by atoms with van der Waals surface area (Å²) in [5.41, 5.74) is 1.07. The first-order chi connectivity index (χ1) is 11.8. The monoisotopic (exact) mass is 345 g/mol. The van der Waals surface area contributed by atoms with E-state index in [1.54, 1.807) is 0 Å². The van der Waals surface area contributed by atoms with Gasteiger partial charge in [-0.25, -0.2) is 4.79 Å².